The lowest BCUT2D eigenvalue weighted by Crippen LogP contribution is -2.55. The van der Waals surface area contributed by atoms with E-state index in [-0.39, 0.29) is 36.7 Å². The number of aliphatic hydroxyl groups is 1. The molecular weight excluding hydrogens is 590 g/mol. The highest BCUT2D eigenvalue weighted by molar-refractivity contribution is 6.05. The van der Waals surface area contributed by atoms with Crippen LogP contribution in [0.15, 0.2) is 48.7 Å². The van der Waals surface area contributed by atoms with Crippen molar-refractivity contribution in [2.45, 2.75) is 76.1 Å². The number of likely N-dealkylation sites (N-methyl/N-ethyl adjacent to an activating group) is 1. The average Bonchev–Trinajstić information content (AvgIpc) is 3.58. The zero-order valence-electron chi connectivity index (χ0n) is 26.3. The fraction of sp³-hybridized carbons (Fsp3) is 0.424. The number of anilines is 5. The van der Waals surface area contributed by atoms with Crippen LogP contribution in [0.4, 0.5) is 28.8 Å². The van der Waals surface area contributed by atoms with Crippen molar-refractivity contribution >= 4 is 46.6 Å². The summed E-state index contributed by atoms with van der Waals surface area (Å²) in [6, 6.07) is 10.8. The summed E-state index contributed by atoms with van der Waals surface area (Å²) in [6.45, 7) is 2.02. The Morgan fingerprint density at radius 3 is 2.52 bits per heavy atom. The maximum Gasteiger partial charge on any atom is 0.320 e. The molecule has 3 aromatic rings. The van der Waals surface area contributed by atoms with E-state index in [1.807, 2.05) is 6.92 Å². The van der Waals surface area contributed by atoms with Gasteiger partial charge in [-0.1, -0.05) is 31.9 Å². The van der Waals surface area contributed by atoms with Gasteiger partial charge in [0.1, 0.15) is 23.5 Å². The first-order valence-corrected chi connectivity index (χ1v) is 15.5. The van der Waals surface area contributed by atoms with Crippen LogP contribution in [0.2, 0.25) is 0 Å². The first-order chi connectivity index (χ1) is 22.1. The number of fused-ring (bicyclic) bond motifs is 1. The standard InChI is InChI=1S/C33H41N7O6/c1-4-26-31(43)39(2)27-18-35-33(38-29(27)40(26)22-7-5-6-8-22)37-25-14-11-20(16-28(25)46-3)30(42)36-21-12-9-19(10-13-21)15-23(41)17-24(34)32(44)45/h9-14,16,18,22-24,26,41H,4-8,15,17,34H2,1-3H3,(H,36,42)(H,44,45)(H,35,37,38)/t23?,24-,26+/m0/s1. The number of nitrogens with two attached hydrogens (primary N) is 1. The fourth-order valence-corrected chi connectivity index (χ4v) is 6.18. The minimum Gasteiger partial charge on any atom is -0.495 e. The lowest BCUT2D eigenvalue weighted by atomic mass is 10.0. The first-order valence-electron chi connectivity index (χ1n) is 15.5. The lowest BCUT2D eigenvalue weighted by molar-refractivity contribution is -0.139. The van der Waals surface area contributed by atoms with Crippen molar-refractivity contribution in [1.29, 1.82) is 0 Å². The molecule has 0 saturated heterocycles. The fourth-order valence-electron chi connectivity index (χ4n) is 6.18. The molecule has 6 N–H and O–H groups in total. The smallest absolute Gasteiger partial charge is 0.320 e. The average molecular weight is 632 g/mol. The Morgan fingerprint density at radius 1 is 1.15 bits per heavy atom. The van der Waals surface area contributed by atoms with Gasteiger partial charge in [0.15, 0.2) is 5.82 Å². The number of amides is 2. The molecule has 2 aliphatic rings. The summed E-state index contributed by atoms with van der Waals surface area (Å²) in [6.07, 6.45) is 5.93. The number of carboxylic acid groups (broad SMARTS) is 1. The molecule has 1 saturated carbocycles. The number of aliphatic hydroxyl groups excluding tert-OH is 1. The Kier molecular flexibility index (Phi) is 10.0. The minimum absolute atomic E-state index is 0.0506. The van der Waals surface area contributed by atoms with Crippen LogP contribution in [0.3, 0.4) is 0 Å². The summed E-state index contributed by atoms with van der Waals surface area (Å²) in [5.41, 5.74) is 8.45. The highest BCUT2D eigenvalue weighted by Gasteiger charge is 2.41. The van der Waals surface area contributed by atoms with Gasteiger partial charge in [-0.3, -0.25) is 14.4 Å². The highest BCUT2D eigenvalue weighted by Crippen LogP contribution is 2.40. The zero-order chi connectivity index (χ0) is 33.0. The third kappa shape index (κ3) is 7.05. The molecule has 2 amide bonds. The van der Waals surface area contributed by atoms with E-state index in [1.54, 1.807) is 60.6 Å². The molecule has 0 bridgehead atoms. The van der Waals surface area contributed by atoms with Gasteiger partial charge in [-0.15, -0.1) is 0 Å². The van der Waals surface area contributed by atoms with Crippen LogP contribution in [-0.2, 0) is 16.0 Å². The molecular formula is C33H41N7O6. The molecule has 0 radical (unpaired) electrons. The predicted octanol–water partition coefficient (Wildman–Crippen LogP) is 3.69. The number of carbonyl (C=O) groups is 3. The number of methoxy groups -OCH3 is 1. The number of hydrogen-bond donors (Lipinski definition) is 5. The second-order valence-corrected chi connectivity index (χ2v) is 11.8. The van der Waals surface area contributed by atoms with Gasteiger partial charge in [-0.25, -0.2) is 4.98 Å². The van der Waals surface area contributed by atoms with Crippen LogP contribution in [0.25, 0.3) is 0 Å². The molecule has 0 spiro atoms. The molecule has 3 atom stereocenters. The van der Waals surface area contributed by atoms with E-state index in [0.29, 0.717) is 40.7 Å². The van der Waals surface area contributed by atoms with Crippen LogP contribution in [-0.4, -0.2) is 76.4 Å². The third-order valence-electron chi connectivity index (χ3n) is 8.65. The summed E-state index contributed by atoms with van der Waals surface area (Å²) in [5.74, 6) is 0.0504. The molecule has 244 valence electrons. The van der Waals surface area contributed by atoms with E-state index in [0.717, 1.165) is 37.1 Å². The Balaban J connectivity index is 1.28. The van der Waals surface area contributed by atoms with Crippen LogP contribution in [0.5, 0.6) is 5.75 Å². The van der Waals surface area contributed by atoms with Crippen molar-refractivity contribution in [2.75, 3.05) is 34.6 Å². The number of aromatic nitrogens is 2. The number of aliphatic carboxylic acids is 1. The number of nitrogens with zero attached hydrogens (tertiary/aromatic N) is 4. The normalized spacial score (nSPS) is 17.8. The van der Waals surface area contributed by atoms with Gasteiger partial charge < -0.3 is 41.1 Å². The molecule has 1 aliphatic heterocycles. The molecule has 1 aromatic heterocycles. The molecule has 13 nitrogen and oxygen atoms in total. The molecule has 1 fully saturated rings. The van der Waals surface area contributed by atoms with E-state index in [4.69, 9.17) is 20.6 Å². The van der Waals surface area contributed by atoms with E-state index in [1.165, 1.54) is 7.11 Å². The summed E-state index contributed by atoms with van der Waals surface area (Å²) < 4.78 is 5.60. The summed E-state index contributed by atoms with van der Waals surface area (Å²) in [4.78, 5) is 50.4. The van der Waals surface area contributed by atoms with Gasteiger partial charge in [-0.05, 0) is 68.0 Å². The van der Waals surface area contributed by atoms with Crippen molar-refractivity contribution in [3.63, 3.8) is 0 Å². The zero-order valence-corrected chi connectivity index (χ0v) is 26.3. The van der Waals surface area contributed by atoms with Gasteiger partial charge in [-0.2, -0.15) is 4.98 Å². The van der Waals surface area contributed by atoms with Gasteiger partial charge in [0.25, 0.3) is 5.91 Å². The van der Waals surface area contributed by atoms with Crippen molar-refractivity contribution < 1.29 is 29.3 Å². The van der Waals surface area contributed by atoms with E-state index in [9.17, 15) is 19.5 Å². The number of carboxylic acids is 1. The lowest BCUT2D eigenvalue weighted by Gasteiger charge is -2.43. The minimum atomic E-state index is -1.16. The van der Waals surface area contributed by atoms with E-state index < -0.39 is 18.1 Å². The van der Waals surface area contributed by atoms with Gasteiger partial charge in [0.05, 0.1) is 25.1 Å². The number of rotatable bonds is 12. The van der Waals surface area contributed by atoms with E-state index >= 15 is 0 Å². The third-order valence-corrected chi connectivity index (χ3v) is 8.65. The van der Waals surface area contributed by atoms with Crippen molar-refractivity contribution in [1.82, 2.24) is 9.97 Å². The topological polar surface area (TPSA) is 183 Å². The Labute approximate surface area is 267 Å². The molecule has 46 heavy (non-hydrogen) atoms. The molecule has 2 heterocycles. The van der Waals surface area contributed by atoms with Crippen LogP contribution >= 0.6 is 0 Å². The Bertz CT molecular complexity index is 1580. The van der Waals surface area contributed by atoms with Crippen molar-refractivity contribution in [3.05, 3.63) is 59.8 Å². The number of hydrogen-bond acceptors (Lipinski definition) is 10. The van der Waals surface area contributed by atoms with Gasteiger partial charge in [0, 0.05) is 24.3 Å². The summed E-state index contributed by atoms with van der Waals surface area (Å²) in [5, 5.41) is 25.2. The maximum atomic E-state index is 13.2. The SMILES string of the molecule is CC[C@@H]1C(=O)N(C)c2cnc(Nc3ccc(C(=O)Nc4ccc(CC(O)C[C@H](N)C(=O)O)cc4)cc3OC)nc2N1C1CCCC1. The van der Waals surface area contributed by atoms with Crippen molar-refractivity contribution in [3.8, 4) is 5.75 Å². The molecule has 1 unspecified atom stereocenters. The molecule has 2 aromatic carbocycles. The second kappa shape index (κ2) is 14.1. The van der Waals surface area contributed by atoms with Crippen molar-refractivity contribution in [2.24, 2.45) is 5.73 Å². The highest BCUT2D eigenvalue weighted by atomic mass is 16.5. The largest absolute Gasteiger partial charge is 0.495 e. The van der Waals surface area contributed by atoms with Crippen LogP contribution in [0.1, 0.15) is 61.4 Å². The Morgan fingerprint density at radius 2 is 1.87 bits per heavy atom. The number of benzene rings is 2. The summed E-state index contributed by atoms with van der Waals surface area (Å²) in [7, 11) is 3.28. The first kappa shape index (κ1) is 32.6. The molecule has 1 aliphatic carbocycles. The number of carbonyl (C=O) groups excluding carboxylic acids is 2. The predicted molar refractivity (Wildman–Crippen MR) is 175 cm³/mol. The van der Waals surface area contributed by atoms with E-state index in [2.05, 4.69) is 20.5 Å². The maximum absolute atomic E-state index is 13.2. The number of nitrogens with one attached hydrogen (secondary N) is 2. The number of ether oxygens (including phenoxy) is 1. The monoisotopic (exact) mass is 631 g/mol. The van der Waals surface area contributed by atoms with Gasteiger partial charge >= 0.3 is 5.97 Å². The molecule has 5 rings (SSSR count). The summed E-state index contributed by atoms with van der Waals surface area (Å²) >= 11 is 0. The van der Waals surface area contributed by atoms with Crippen LogP contribution in [0, 0.1) is 0 Å². The Hall–Kier alpha value is -4.75. The second-order valence-electron chi connectivity index (χ2n) is 11.8. The molecule has 13 heteroatoms. The van der Waals surface area contributed by atoms with Gasteiger partial charge in [0.2, 0.25) is 11.9 Å². The quantitative estimate of drug-likeness (QED) is 0.196. The van der Waals surface area contributed by atoms with Crippen LogP contribution < -0.4 is 30.9 Å².